The molecule has 7 nitrogen and oxygen atoms in total. The fourth-order valence-corrected chi connectivity index (χ4v) is 2.38. The molecule has 0 aliphatic heterocycles. The number of hydrogen-bond donors (Lipinski definition) is 1. The molecular formula is C19H20N4O3. The molecule has 0 bridgehead atoms. The maximum Gasteiger partial charge on any atom is 0.277 e. The first-order valence-electron chi connectivity index (χ1n) is 8.04. The van der Waals surface area contributed by atoms with Gasteiger partial charge < -0.3 is 19.4 Å². The quantitative estimate of drug-likeness (QED) is 0.758. The van der Waals surface area contributed by atoms with Gasteiger partial charge in [0.1, 0.15) is 17.3 Å². The molecule has 0 aliphatic carbocycles. The van der Waals surface area contributed by atoms with Gasteiger partial charge in [-0.25, -0.2) is 9.97 Å². The number of hydrogen-bond acceptors (Lipinski definition) is 6. The van der Waals surface area contributed by atoms with E-state index in [1.54, 1.807) is 26.3 Å². The molecule has 3 rings (SSSR count). The highest BCUT2D eigenvalue weighted by atomic mass is 16.5. The lowest BCUT2D eigenvalue weighted by Gasteiger charge is -2.11. The molecule has 2 aromatic heterocycles. The number of methoxy groups -OCH3 is 1. The lowest BCUT2D eigenvalue weighted by atomic mass is 10.2. The number of nitrogens with zero attached hydrogens (tertiary/aromatic N) is 3. The van der Waals surface area contributed by atoms with Gasteiger partial charge in [-0.2, -0.15) is 0 Å². The van der Waals surface area contributed by atoms with Crippen LogP contribution in [0.5, 0.6) is 5.75 Å². The van der Waals surface area contributed by atoms with Crippen molar-refractivity contribution in [2.24, 2.45) is 0 Å². The van der Waals surface area contributed by atoms with Crippen molar-refractivity contribution >= 4 is 17.4 Å². The maximum absolute atomic E-state index is 12.5. The fourth-order valence-electron chi connectivity index (χ4n) is 2.38. The minimum atomic E-state index is -0.342. The number of benzene rings is 1. The number of ether oxygens (including phenoxy) is 1. The van der Waals surface area contributed by atoms with Crippen molar-refractivity contribution in [2.45, 2.75) is 6.92 Å². The lowest BCUT2D eigenvalue weighted by Crippen LogP contribution is -2.15. The standard InChI is InChI=1S/C19H20N4O3/c1-12-17(18(24)21-14-7-10-16(20-11-14)23(2)3)22-19(26-12)13-5-8-15(25-4)9-6-13/h5-11H,1-4H3,(H,21,24). The second-order valence-corrected chi connectivity index (χ2v) is 5.91. The molecule has 0 radical (unpaired) electrons. The SMILES string of the molecule is COc1ccc(-c2nc(C(=O)Nc3ccc(N(C)C)nc3)c(C)o2)cc1. The average molecular weight is 352 g/mol. The Bertz CT molecular complexity index is 900. The first-order valence-corrected chi connectivity index (χ1v) is 8.04. The number of anilines is 2. The van der Waals surface area contributed by atoms with Crippen molar-refractivity contribution in [1.29, 1.82) is 0 Å². The topological polar surface area (TPSA) is 80.5 Å². The molecule has 1 aromatic carbocycles. The van der Waals surface area contributed by atoms with Gasteiger partial charge in [0.2, 0.25) is 5.89 Å². The second-order valence-electron chi connectivity index (χ2n) is 5.91. The van der Waals surface area contributed by atoms with Gasteiger partial charge in [0, 0.05) is 19.7 Å². The summed E-state index contributed by atoms with van der Waals surface area (Å²) in [6, 6.07) is 10.9. The molecule has 0 saturated carbocycles. The highest BCUT2D eigenvalue weighted by Gasteiger charge is 2.18. The van der Waals surface area contributed by atoms with E-state index in [4.69, 9.17) is 9.15 Å². The van der Waals surface area contributed by atoms with Gasteiger partial charge in [-0.05, 0) is 43.3 Å². The van der Waals surface area contributed by atoms with E-state index in [1.807, 2.05) is 49.3 Å². The highest BCUT2D eigenvalue weighted by Crippen LogP contribution is 2.24. The van der Waals surface area contributed by atoms with Crippen LogP contribution >= 0.6 is 0 Å². The zero-order valence-corrected chi connectivity index (χ0v) is 15.1. The van der Waals surface area contributed by atoms with Crippen molar-refractivity contribution in [2.75, 3.05) is 31.4 Å². The van der Waals surface area contributed by atoms with E-state index >= 15 is 0 Å². The molecule has 1 N–H and O–H groups in total. The molecular weight excluding hydrogens is 332 g/mol. The Hall–Kier alpha value is -3.35. The Labute approximate surface area is 151 Å². The molecule has 7 heteroatoms. The number of pyridine rings is 1. The van der Waals surface area contributed by atoms with Gasteiger partial charge in [0.05, 0.1) is 19.0 Å². The van der Waals surface area contributed by atoms with E-state index in [1.165, 1.54) is 0 Å². The minimum Gasteiger partial charge on any atom is -0.497 e. The Morgan fingerprint density at radius 1 is 1.15 bits per heavy atom. The Balaban J connectivity index is 1.78. The van der Waals surface area contributed by atoms with Crippen LogP contribution in [0.25, 0.3) is 11.5 Å². The third kappa shape index (κ3) is 3.66. The van der Waals surface area contributed by atoms with Crippen molar-refractivity contribution in [1.82, 2.24) is 9.97 Å². The van der Waals surface area contributed by atoms with Crippen LogP contribution in [-0.2, 0) is 0 Å². The zero-order valence-electron chi connectivity index (χ0n) is 15.1. The van der Waals surface area contributed by atoms with E-state index in [-0.39, 0.29) is 11.6 Å². The van der Waals surface area contributed by atoms with E-state index in [9.17, 15) is 4.79 Å². The Morgan fingerprint density at radius 2 is 1.88 bits per heavy atom. The molecule has 26 heavy (non-hydrogen) atoms. The summed E-state index contributed by atoms with van der Waals surface area (Å²) >= 11 is 0. The molecule has 2 heterocycles. The molecule has 1 amide bonds. The molecule has 0 fully saturated rings. The normalized spacial score (nSPS) is 10.5. The van der Waals surface area contributed by atoms with Crippen LogP contribution in [0.3, 0.4) is 0 Å². The van der Waals surface area contributed by atoms with E-state index in [2.05, 4.69) is 15.3 Å². The van der Waals surface area contributed by atoms with Crippen LogP contribution in [0.15, 0.2) is 47.0 Å². The van der Waals surface area contributed by atoms with Crippen molar-refractivity contribution in [3.8, 4) is 17.2 Å². The fraction of sp³-hybridized carbons (Fsp3) is 0.211. The number of nitrogens with one attached hydrogen (secondary N) is 1. The summed E-state index contributed by atoms with van der Waals surface area (Å²) in [5, 5.41) is 2.79. The predicted octanol–water partition coefficient (Wildman–Crippen LogP) is 3.37. The van der Waals surface area contributed by atoms with Crippen LogP contribution in [0.1, 0.15) is 16.2 Å². The van der Waals surface area contributed by atoms with E-state index in [0.717, 1.165) is 17.1 Å². The molecule has 0 saturated heterocycles. The van der Waals surface area contributed by atoms with Gasteiger partial charge in [-0.1, -0.05) is 0 Å². The van der Waals surface area contributed by atoms with Gasteiger partial charge in [-0.3, -0.25) is 4.79 Å². The van der Waals surface area contributed by atoms with Crippen LogP contribution < -0.4 is 15.0 Å². The summed E-state index contributed by atoms with van der Waals surface area (Å²) in [5.74, 6) is 2.04. The molecule has 0 atom stereocenters. The Kier molecular flexibility index (Phi) is 4.88. The van der Waals surface area contributed by atoms with Crippen LogP contribution in [0.2, 0.25) is 0 Å². The molecule has 3 aromatic rings. The number of carbonyl (C=O) groups is 1. The summed E-state index contributed by atoms with van der Waals surface area (Å²) in [7, 11) is 5.41. The lowest BCUT2D eigenvalue weighted by molar-refractivity contribution is 0.102. The minimum absolute atomic E-state index is 0.243. The third-order valence-electron chi connectivity index (χ3n) is 3.81. The number of aryl methyl sites for hydroxylation is 1. The zero-order chi connectivity index (χ0) is 18.7. The highest BCUT2D eigenvalue weighted by molar-refractivity contribution is 6.03. The third-order valence-corrected chi connectivity index (χ3v) is 3.81. The van der Waals surface area contributed by atoms with Crippen LogP contribution in [0, 0.1) is 6.92 Å². The molecule has 0 spiro atoms. The van der Waals surface area contributed by atoms with Gasteiger partial charge >= 0.3 is 0 Å². The smallest absolute Gasteiger partial charge is 0.277 e. The molecule has 134 valence electrons. The largest absolute Gasteiger partial charge is 0.497 e. The number of oxazole rings is 1. The average Bonchev–Trinajstić information content (AvgIpc) is 3.04. The number of rotatable bonds is 5. The molecule has 0 aliphatic rings. The number of carbonyl (C=O) groups excluding carboxylic acids is 1. The summed E-state index contributed by atoms with van der Waals surface area (Å²) in [6.45, 7) is 1.71. The van der Waals surface area contributed by atoms with Crippen molar-refractivity contribution in [3.05, 3.63) is 54.0 Å². The number of amides is 1. The van der Waals surface area contributed by atoms with Gasteiger partial charge in [0.15, 0.2) is 5.69 Å². The summed E-state index contributed by atoms with van der Waals surface area (Å²) < 4.78 is 10.8. The van der Waals surface area contributed by atoms with Crippen molar-refractivity contribution < 1.29 is 13.9 Å². The second kappa shape index (κ2) is 7.26. The number of aromatic nitrogens is 2. The monoisotopic (exact) mass is 352 g/mol. The van der Waals surface area contributed by atoms with E-state index in [0.29, 0.717) is 17.3 Å². The molecule has 0 unspecified atom stereocenters. The first-order chi connectivity index (χ1) is 12.5. The van der Waals surface area contributed by atoms with Gasteiger partial charge in [0.25, 0.3) is 5.91 Å². The summed E-state index contributed by atoms with van der Waals surface area (Å²) in [4.78, 5) is 23.0. The first kappa shape index (κ1) is 17.5. The summed E-state index contributed by atoms with van der Waals surface area (Å²) in [6.07, 6.45) is 1.60. The van der Waals surface area contributed by atoms with Crippen LogP contribution in [0.4, 0.5) is 11.5 Å². The van der Waals surface area contributed by atoms with Gasteiger partial charge in [-0.15, -0.1) is 0 Å². The van der Waals surface area contributed by atoms with Crippen molar-refractivity contribution in [3.63, 3.8) is 0 Å². The van der Waals surface area contributed by atoms with E-state index < -0.39 is 0 Å². The van der Waals surface area contributed by atoms with Crippen LogP contribution in [-0.4, -0.2) is 37.1 Å². The predicted molar refractivity (Wildman–Crippen MR) is 99.7 cm³/mol. The summed E-state index contributed by atoms with van der Waals surface area (Å²) in [5.41, 5.74) is 1.60. The maximum atomic E-state index is 12.5. The Morgan fingerprint density at radius 3 is 2.46 bits per heavy atom.